The van der Waals surface area contributed by atoms with Crippen LogP contribution in [0.2, 0.25) is 0 Å². The first-order valence-electron chi connectivity index (χ1n) is 7.54. The standard InChI is InChI=1S/C16H21N3O2/c1-3-16-18-15(19-21-16)10-20-12-7-8-13-11(9-12)5-4-6-14(13)17-2/h7-9,14,17H,3-6,10H2,1-2H3. The maximum atomic E-state index is 5.78. The molecule has 1 heterocycles. The van der Waals surface area contributed by atoms with Crippen LogP contribution in [0.15, 0.2) is 22.7 Å². The maximum absolute atomic E-state index is 5.78. The fourth-order valence-electron chi connectivity index (χ4n) is 2.82. The van der Waals surface area contributed by atoms with E-state index in [4.69, 9.17) is 9.26 Å². The van der Waals surface area contributed by atoms with Crippen molar-refractivity contribution < 1.29 is 9.26 Å². The molecule has 112 valence electrons. The normalized spacial score (nSPS) is 17.5. The molecule has 0 radical (unpaired) electrons. The Morgan fingerprint density at radius 1 is 1.43 bits per heavy atom. The molecule has 21 heavy (non-hydrogen) atoms. The van der Waals surface area contributed by atoms with Gasteiger partial charge in [-0.2, -0.15) is 4.98 Å². The Hall–Kier alpha value is -1.88. The molecule has 2 aromatic rings. The van der Waals surface area contributed by atoms with Gasteiger partial charge in [-0.1, -0.05) is 18.1 Å². The Bertz CT molecular complexity index is 609. The molecule has 0 spiro atoms. The summed E-state index contributed by atoms with van der Waals surface area (Å²) < 4.78 is 10.9. The molecule has 3 rings (SSSR count). The van der Waals surface area contributed by atoms with Crippen LogP contribution < -0.4 is 10.1 Å². The van der Waals surface area contributed by atoms with Crippen molar-refractivity contribution in [1.29, 1.82) is 0 Å². The Morgan fingerprint density at radius 2 is 2.33 bits per heavy atom. The molecule has 5 heteroatoms. The molecular weight excluding hydrogens is 266 g/mol. The molecule has 0 fully saturated rings. The van der Waals surface area contributed by atoms with Crippen LogP contribution in [-0.2, 0) is 19.4 Å². The van der Waals surface area contributed by atoms with E-state index in [1.54, 1.807) is 0 Å². The number of fused-ring (bicyclic) bond motifs is 1. The molecule has 1 unspecified atom stereocenters. The highest BCUT2D eigenvalue weighted by molar-refractivity contribution is 5.39. The van der Waals surface area contributed by atoms with Gasteiger partial charge < -0.3 is 14.6 Å². The van der Waals surface area contributed by atoms with E-state index >= 15 is 0 Å². The Balaban J connectivity index is 1.69. The van der Waals surface area contributed by atoms with Gasteiger partial charge in [0.05, 0.1) is 0 Å². The minimum Gasteiger partial charge on any atom is -0.485 e. The Kier molecular flexibility index (Phi) is 4.20. The molecule has 1 aromatic heterocycles. The van der Waals surface area contributed by atoms with Gasteiger partial charge in [0.2, 0.25) is 11.7 Å². The van der Waals surface area contributed by atoms with E-state index in [0.29, 0.717) is 24.4 Å². The van der Waals surface area contributed by atoms with Gasteiger partial charge in [-0.05, 0) is 49.6 Å². The first-order valence-corrected chi connectivity index (χ1v) is 7.54. The molecule has 0 saturated carbocycles. The van der Waals surface area contributed by atoms with Crippen LogP contribution in [0, 0.1) is 0 Å². The molecule has 1 aliphatic rings. The largest absolute Gasteiger partial charge is 0.485 e. The van der Waals surface area contributed by atoms with E-state index in [0.717, 1.165) is 18.6 Å². The van der Waals surface area contributed by atoms with Crippen LogP contribution in [0.5, 0.6) is 5.75 Å². The predicted octanol–water partition coefficient (Wildman–Crippen LogP) is 2.81. The van der Waals surface area contributed by atoms with Crippen molar-refractivity contribution in [3.8, 4) is 5.75 Å². The van der Waals surface area contributed by atoms with Crippen molar-refractivity contribution in [2.24, 2.45) is 0 Å². The van der Waals surface area contributed by atoms with Gasteiger partial charge in [0, 0.05) is 12.5 Å². The van der Waals surface area contributed by atoms with Crippen LogP contribution >= 0.6 is 0 Å². The van der Waals surface area contributed by atoms with E-state index in [1.165, 1.54) is 24.0 Å². The summed E-state index contributed by atoms with van der Waals surface area (Å²) in [5.74, 6) is 2.11. The van der Waals surface area contributed by atoms with Gasteiger partial charge in [0.15, 0.2) is 6.61 Å². The minimum atomic E-state index is 0.345. The number of nitrogens with zero attached hydrogens (tertiary/aromatic N) is 2. The molecule has 0 aliphatic heterocycles. The van der Waals surface area contributed by atoms with Crippen molar-refractivity contribution in [1.82, 2.24) is 15.5 Å². The predicted molar refractivity (Wildman–Crippen MR) is 79.2 cm³/mol. The number of hydrogen-bond acceptors (Lipinski definition) is 5. The van der Waals surface area contributed by atoms with E-state index < -0.39 is 0 Å². The molecule has 0 amide bonds. The topological polar surface area (TPSA) is 60.2 Å². The van der Waals surface area contributed by atoms with Crippen molar-refractivity contribution in [3.05, 3.63) is 41.0 Å². The zero-order valence-electron chi connectivity index (χ0n) is 12.6. The highest BCUT2D eigenvalue weighted by atomic mass is 16.5. The second-order valence-corrected chi connectivity index (χ2v) is 5.34. The first kappa shape index (κ1) is 14.1. The lowest BCUT2D eigenvalue weighted by Gasteiger charge is -2.25. The van der Waals surface area contributed by atoms with Crippen molar-refractivity contribution >= 4 is 0 Å². The summed E-state index contributed by atoms with van der Waals surface area (Å²) in [6.45, 7) is 2.33. The molecule has 1 aromatic carbocycles. The van der Waals surface area contributed by atoms with Crippen LogP contribution in [-0.4, -0.2) is 17.2 Å². The van der Waals surface area contributed by atoms with Crippen LogP contribution in [0.3, 0.4) is 0 Å². The van der Waals surface area contributed by atoms with E-state index in [1.807, 2.05) is 20.0 Å². The quantitative estimate of drug-likeness (QED) is 0.916. The molecule has 1 aliphatic carbocycles. The molecule has 1 atom stereocenters. The zero-order chi connectivity index (χ0) is 14.7. The fraction of sp³-hybridized carbons (Fsp3) is 0.500. The highest BCUT2D eigenvalue weighted by Gasteiger charge is 2.19. The SMILES string of the molecule is CCc1nc(COc2ccc3c(c2)CCCC3NC)no1. The highest BCUT2D eigenvalue weighted by Crippen LogP contribution is 2.32. The lowest BCUT2D eigenvalue weighted by atomic mass is 9.87. The monoisotopic (exact) mass is 287 g/mol. The Morgan fingerprint density at radius 3 is 3.10 bits per heavy atom. The van der Waals surface area contributed by atoms with Crippen molar-refractivity contribution in [2.75, 3.05) is 7.05 Å². The second kappa shape index (κ2) is 6.26. The number of aryl methyl sites for hydroxylation is 2. The third kappa shape index (κ3) is 3.08. The van der Waals surface area contributed by atoms with Gasteiger partial charge >= 0.3 is 0 Å². The lowest BCUT2D eigenvalue weighted by Crippen LogP contribution is -2.21. The summed E-state index contributed by atoms with van der Waals surface area (Å²) in [5.41, 5.74) is 2.77. The summed E-state index contributed by atoms with van der Waals surface area (Å²) in [7, 11) is 2.02. The van der Waals surface area contributed by atoms with Crippen LogP contribution in [0.1, 0.15) is 48.6 Å². The number of ether oxygens (including phenoxy) is 1. The fourth-order valence-corrected chi connectivity index (χ4v) is 2.82. The van der Waals surface area contributed by atoms with Gasteiger partial charge in [0.1, 0.15) is 5.75 Å². The second-order valence-electron chi connectivity index (χ2n) is 5.34. The molecule has 1 N–H and O–H groups in total. The van der Waals surface area contributed by atoms with Crippen molar-refractivity contribution in [2.45, 2.75) is 45.3 Å². The van der Waals surface area contributed by atoms with E-state index in [9.17, 15) is 0 Å². The molecule has 0 saturated heterocycles. The van der Waals surface area contributed by atoms with Gasteiger partial charge in [0.25, 0.3) is 0 Å². The molecular formula is C16H21N3O2. The third-order valence-corrected chi connectivity index (χ3v) is 3.96. The lowest BCUT2D eigenvalue weighted by molar-refractivity contribution is 0.284. The summed E-state index contributed by atoms with van der Waals surface area (Å²) in [6, 6.07) is 6.79. The number of aromatic nitrogens is 2. The van der Waals surface area contributed by atoms with Gasteiger partial charge in [-0.3, -0.25) is 0 Å². The Labute approximate surface area is 124 Å². The average Bonchev–Trinajstić information content (AvgIpc) is 3.00. The minimum absolute atomic E-state index is 0.345. The van der Waals surface area contributed by atoms with Gasteiger partial charge in [-0.25, -0.2) is 0 Å². The summed E-state index contributed by atoms with van der Waals surface area (Å²) in [5, 5.41) is 7.27. The summed E-state index contributed by atoms with van der Waals surface area (Å²) in [6.07, 6.45) is 4.28. The number of nitrogens with one attached hydrogen (secondary N) is 1. The molecule has 5 nitrogen and oxygen atoms in total. The number of benzene rings is 1. The first-order chi connectivity index (χ1) is 10.3. The third-order valence-electron chi connectivity index (χ3n) is 3.96. The van der Waals surface area contributed by atoms with E-state index in [2.05, 4.69) is 27.6 Å². The van der Waals surface area contributed by atoms with Gasteiger partial charge in [-0.15, -0.1) is 0 Å². The van der Waals surface area contributed by atoms with Crippen LogP contribution in [0.25, 0.3) is 0 Å². The van der Waals surface area contributed by atoms with E-state index in [-0.39, 0.29) is 0 Å². The average molecular weight is 287 g/mol. The smallest absolute Gasteiger partial charge is 0.226 e. The number of rotatable bonds is 5. The summed E-state index contributed by atoms with van der Waals surface area (Å²) >= 11 is 0. The maximum Gasteiger partial charge on any atom is 0.226 e. The number of hydrogen-bond donors (Lipinski definition) is 1. The zero-order valence-corrected chi connectivity index (χ0v) is 12.6. The summed E-state index contributed by atoms with van der Waals surface area (Å²) in [4.78, 5) is 4.24. The van der Waals surface area contributed by atoms with Crippen molar-refractivity contribution in [3.63, 3.8) is 0 Å². The van der Waals surface area contributed by atoms with Crippen LogP contribution in [0.4, 0.5) is 0 Å². The molecule has 0 bridgehead atoms.